The molecule has 0 atom stereocenters. The van der Waals surface area contributed by atoms with Gasteiger partial charge in [-0.1, -0.05) is 185 Å². The van der Waals surface area contributed by atoms with Gasteiger partial charge in [0.1, 0.15) is 0 Å². The van der Waals surface area contributed by atoms with E-state index in [-0.39, 0.29) is 5.41 Å². The van der Waals surface area contributed by atoms with Gasteiger partial charge in [0.15, 0.2) is 5.82 Å². The zero-order valence-electron chi connectivity index (χ0n) is 38.3. The lowest BCUT2D eigenvalue weighted by Crippen LogP contribution is -2.10. The molecule has 0 aliphatic rings. The van der Waals surface area contributed by atoms with Crippen molar-refractivity contribution in [1.29, 1.82) is 0 Å². The Hall–Kier alpha value is -8.60. The van der Waals surface area contributed by atoms with Crippen molar-refractivity contribution >= 4 is 54.9 Å². The molecule has 0 saturated heterocycles. The number of fused-ring (bicyclic) bond motifs is 6. The molecule has 0 aliphatic carbocycles. The molecule has 0 unspecified atom stereocenters. The van der Waals surface area contributed by atoms with E-state index in [1.165, 1.54) is 38.5 Å². The van der Waals surface area contributed by atoms with E-state index >= 15 is 0 Å². The molecule has 4 heteroatoms. The normalized spacial score (nSPS) is 11.8. The summed E-state index contributed by atoms with van der Waals surface area (Å²) in [5, 5.41) is 9.58. The third-order valence-electron chi connectivity index (χ3n) is 13.4. The molecular weight excluding hydrogens is 825 g/mol. The number of benzene rings is 10. The van der Waals surface area contributed by atoms with Gasteiger partial charge in [0.2, 0.25) is 0 Å². The smallest absolute Gasteiger partial charge is 0.160 e. The molecule has 2 heterocycles. The largest absolute Gasteiger partial charge is 0.355 e. The van der Waals surface area contributed by atoms with Crippen LogP contribution in [0.25, 0.3) is 105 Å². The maximum Gasteiger partial charge on any atom is 0.160 e. The molecule has 0 aliphatic heterocycles. The van der Waals surface area contributed by atoms with Crippen molar-refractivity contribution in [2.24, 2.45) is 0 Å². The van der Waals surface area contributed by atoms with Gasteiger partial charge in [0, 0.05) is 55.3 Å². The van der Waals surface area contributed by atoms with Crippen LogP contribution in [0.2, 0.25) is 0 Å². The quantitative estimate of drug-likeness (QED) is 0.155. The average Bonchev–Trinajstić information content (AvgIpc) is 3.72. The number of hydrogen-bond donors (Lipinski definition) is 1. The van der Waals surface area contributed by atoms with Crippen molar-refractivity contribution in [2.75, 3.05) is 5.32 Å². The van der Waals surface area contributed by atoms with Crippen molar-refractivity contribution in [2.45, 2.75) is 26.2 Å². The third kappa shape index (κ3) is 7.46. The predicted molar refractivity (Wildman–Crippen MR) is 287 cm³/mol. The second kappa shape index (κ2) is 16.7. The summed E-state index contributed by atoms with van der Waals surface area (Å²) in [6, 6.07) is 82.6. The van der Waals surface area contributed by atoms with E-state index in [1.807, 2.05) is 0 Å². The standard InChI is InChI=1S/C64H48N4/c1-64(2,3)50-33-26-43(27-34-50)42-22-24-46(25-23-42)61-56-38-30-45-16-10-11-19-54(45)62(56)67-63(66-61)47-28-35-51(36-29-47)65-58-41-49(31-37-53(58)44-14-6-4-7-15-44)48-32-39-60-57(40-48)55-20-12-13-21-59(55)68(60)52-17-8-5-9-18-52/h4-41,65H,1-3H3. The first-order chi connectivity index (χ1) is 33.3. The van der Waals surface area contributed by atoms with Crippen LogP contribution in [0.15, 0.2) is 231 Å². The lowest BCUT2D eigenvalue weighted by atomic mass is 9.86. The van der Waals surface area contributed by atoms with Gasteiger partial charge in [0.25, 0.3) is 0 Å². The Balaban J connectivity index is 0.907. The first kappa shape index (κ1) is 40.9. The molecular formula is C64H48N4. The number of hydrogen-bond acceptors (Lipinski definition) is 3. The van der Waals surface area contributed by atoms with E-state index in [4.69, 9.17) is 9.97 Å². The Morgan fingerprint density at radius 1 is 0.397 bits per heavy atom. The molecule has 0 radical (unpaired) electrons. The highest BCUT2D eigenvalue weighted by molar-refractivity contribution is 6.11. The van der Waals surface area contributed by atoms with Crippen LogP contribution >= 0.6 is 0 Å². The number of aromatic nitrogens is 3. The molecule has 0 fully saturated rings. The van der Waals surface area contributed by atoms with E-state index in [0.29, 0.717) is 5.82 Å². The van der Waals surface area contributed by atoms with E-state index < -0.39 is 0 Å². The monoisotopic (exact) mass is 872 g/mol. The average molecular weight is 873 g/mol. The fraction of sp³-hybridized carbons (Fsp3) is 0.0625. The first-order valence-corrected chi connectivity index (χ1v) is 23.4. The second-order valence-corrected chi connectivity index (χ2v) is 18.7. The number of anilines is 2. The van der Waals surface area contributed by atoms with Crippen LogP contribution in [0.5, 0.6) is 0 Å². The van der Waals surface area contributed by atoms with Gasteiger partial charge in [-0.3, -0.25) is 0 Å². The van der Waals surface area contributed by atoms with Crippen LogP contribution < -0.4 is 5.32 Å². The maximum atomic E-state index is 5.33. The molecule has 68 heavy (non-hydrogen) atoms. The summed E-state index contributed by atoms with van der Waals surface area (Å²) in [7, 11) is 0. The Bertz CT molecular complexity index is 3810. The van der Waals surface area contributed by atoms with E-state index in [9.17, 15) is 0 Å². The van der Waals surface area contributed by atoms with E-state index in [1.54, 1.807) is 0 Å². The highest BCUT2D eigenvalue weighted by Gasteiger charge is 2.18. The van der Waals surface area contributed by atoms with Crippen molar-refractivity contribution in [1.82, 2.24) is 14.5 Å². The van der Waals surface area contributed by atoms with Crippen LogP contribution in [0, 0.1) is 0 Å². The number of nitrogens with zero attached hydrogens (tertiary/aromatic N) is 3. The van der Waals surface area contributed by atoms with Crippen LogP contribution in [0.4, 0.5) is 11.4 Å². The van der Waals surface area contributed by atoms with Crippen LogP contribution in [-0.4, -0.2) is 14.5 Å². The highest BCUT2D eigenvalue weighted by atomic mass is 15.0. The van der Waals surface area contributed by atoms with Crippen molar-refractivity contribution in [3.63, 3.8) is 0 Å². The molecule has 12 rings (SSSR count). The predicted octanol–water partition coefficient (Wildman–Crippen LogP) is 17.3. The Kier molecular flexibility index (Phi) is 10.0. The SMILES string of the molecule is CC(C)(C)c1ccc(-c2ccc(-c3nc(-c4ccc(Nc5cc(-c6ccc7c(c6)c6ccccc6n7-c6ccccc6)ccc5-c5ccccc5)cc4)nc4c3ccc3ccccc34)cc2)cc1. The summed E-state index contributed by atoms with van der Waals surface area (Å²) < 4.78 is 2.36. The molecule has 12 aromatic rings. The third-order valence-corrected chi connectivity index (χ3v) is 13.4. The van der Waals surface area contributed by atoms with Gasteiger partial charge in [-0.15, -0.1) is 0 Å². The fourth-order valence-corrected chi connectivity index (χ4v) is 9.76. The van der Waals surface area contributed by atoms with Crippen molar-refractivity contribution in [3.05, 3.63) is 236 Å². The van der Waals surface area contributed by atoms with Gasteiger partial charge in [0.05, 0.1) is 22.2 Å². The molecule has 0 spiro atoms. The lowest BCUT2D eigenvalue weighted by molar-refractivity contribution is 0.590. The first-order valence-electron chi connectivity index (χ1n) is 23.4. The minimum atomic E-state index is 0.109. The Morgan fingerprint density at radius 2 is 0.985 bits per heavy atom. The van der Waals surface area contributed by atoms with Gasteiger partial charge in [-0.25, -0.2) is 9.97 Å². The van der Waals surface area contributed by atoms with Gasteiger partial charge >= 0.3 is 0 Å². The fourth-order valence-electron chi connectivity index (χ4n) is 9.76. The molecule has 0 bridgehead atoms. The topological polar surface area (TPSA) is 42.7 Å². The molecule has 4 nitrogen and oxygen atoms in total. The van der Waals surface area contributed by atoms with Gasteiger partial charge < -0.3 is 9.88 Å². The zero-order valence-corrected chi connectivity index (χ0v) is 38.3. The number of rotatable bonds is 8. The summed E-state index contributed by atoms with van der Waals surface area (Å²) in [6.45, 7) is 6.76. The Morgan fingerprint density at radius 3 is 1.74 bits per heavy atom. The summed E-state index contributed by atoms with van der Waals surface area (Å²) in [6.07, 6.45) is 0. The number of nitrogens with one attached hydrogen (secondary N) is 1. The summed E-state index contributed by atoms with van der Waals surface area (Å²) in [5.41, 5.74) is 17.8. The van der Waals surface area contributed by atoms with E-state index in [0.717, 1.165) is 77.8 Å². The molecule has 324 valence electrons. The minimum absolute atomic E-state index is 0.109. The van der Waals surface area contributed by atoms with Crippen molar-refractivity contribution < 1.29 is 0 Å². The van der Waals surface area contributed by atoms with Crippen molar-refractivity contribution in [3.8, 4) is 61.7 Å². The highest BCUT2D eigenvalue weighted by Crippen LogP contribution is 2.40. The van der Waals surface area contributed by atoms with Gasteiger partial charge in [-0.2, -0.15) is 0 Å². The molecule has 1 N–H and O–H groups in total. The van der Waals surface area contributed by atoms with E-state index in [2.05, 4.69) is 261 Å². The van der Waals surface area contributed by atoms with Crippen LogP contribution in [0.1, 0.15) is 26.3 Å². The number of para-hydroxylation sites is 2. The van der Waals surface area contributed by atoms with Crippen LogP contribution in [-0.2, 0) is 5.41 Å². The minimum Gasteiger partial charge on any atom is -0.355 e. The lowest BCUT2D eigenvalue weighted by Gasteiger charge is -2.19. The molecule has 2 aromatic heterocycles. The molecule has 10 aromatic carbocycles. The molecule has 0 saturated carbocycles. The molecule has 0 amide bonds. The zero-order chi connectivity index (χ0) is 45.8. The second-order valence-electron chi connectivity index (χ2n) is 18.7. The summed E-state index contributed by atoms with van der Waals surface area (Å²) >= 11 is 0. The summed E-state index contributed by atoms with van der Waals surface area (Å²) in [4.78, 5) is 10.6. The Labute approximate surface area is 396 Å². The maximum absolute atomic E-state index is 5.33. The van der Waals surface area contributed by atoms with Crippen LogP contribution in [0.3, 0.4) is 0 Å². The van der Waals surface area contributed by atoms with Gasteiger partial charge in [-0.05, 0) is 111 Å². The summed E-state index contributed by atoms with van der Waals surface area (Å²) in [5.74, 6) is 0.688.